The Hall–Kier alpha value is 1.67. The fourth-order valence-electron chi connectivity index (χ4n) is 0. The molecule has 0 saturated carbocycles. The van der Waals surface area contributed by atoms with E-state index in [4.69, 9.17) is 6.58 Å². The maximum absolute atomic E-state index is 8.96. The maximum atomic E-state index is 8.96. The van der Waals surface area contributed by atoms with Gasteiger partial charge in [0.25, 0.3) is 0 Å². The van der Waals surface area contributed by atoms with Crippen molar-refractivity contribution in [3.8, 4) is 0 Å². The summed E-state index contributed by atoms with van der Waals surface area (Å²) in [5.41, 5.74) is 0. The first kappa shape index (κ1) is 9.83. The average molecular weight is 216 g/mol. The summed E-state index contributed by atoms with van der Waals surface area (Å²) in [7, 11) is 3.68. The molecule has 0 aliphatic rings. The van der Waals surface area contributed by atoms with Crippen molar-refractivity contribution < 1.29 is 6.58 Å². The molecule has 0 bridgehead atoms. The Kier molecular flexibility index (Phi) is 11.1. The summed E-state index contributed by atoms with van der Waals surface area (Å²) >= 11 is -3.27. The minimum atomic E-state index is -3.27. The SMILES string of the molecule is O=[Te]([O-])[S-].[Mg+2]. The third-order valence-corrected chi connectivity index (χ3v) is 0. The smallest absolute Gasteiger partial charge is 2.00 e. The predicted octanol–water partition coefficient (Wildman–Crippen LogP) is -2.07. The van der Waals surface area contributed by atoms with Gasteiger partial charge in [0, 0.05) is 0 Å². The van der Waals surface area contributed by atoms with Crippen LogP contribution in [0.25, 0.3) is 0 Å². The standard InChI is InChI=1S/Mg.H2O2STe/c;1-4(2)3/h;(H2,1,2,3)/q+2;/p-2. The first-order valence-corrected chi connectivity index (χ1v) is 5.59. The maximum Gasteiger partial charge on any atom is 2.00 e. The Morgan fingerprint density at radius 2 is 1.80 bits per heavy atom. The van der Waals surface area contributed by atoms with E-state index in [1.54, 1.807) is 0 Å². The van der Waals surface area contributed by atoms with Gasteiger partial charge in [0.05, 0.1) is 0 Å². The van der Waals surface area contributed by atoms with Gasteiger partial charge in [-0.05, 0) is 0 Å². The normalized spacial score (nSPS) is 7.00. The molecule has 0 rings (SSSR count). The Morgan fingerprint density at radius 1 is 1.80 bits per heavy atom. The van der Waals surface area contributed by atoms with Gasteiger partial charge in [0.2, 0.25) is 0 Å². The molecule has 0 radical (unpaired) electrons. The minimum Gasteiger partial charge on any atom is 2.00 e. The largest absolute Gasteiger partial charge is 2.00 e. The van der Waals surface area contributed by atoms with Crippen molar-refractivity contribution in [3.05, 3.63) is 0 Å². The van der Waals surface area contributed by atoms with Gasteiger partial charge >= 0.3 is 58.1 Å². The Balaban J connectivity index is 0. The average Bonchev–Trinajstić information content (AvgIpc) is 0.811. The van der Waals surface area contributed by atoms with Crippen molar-refractivity contribution in [2.45, 2.75) is 0 Å². The molecular weight excluding hydrogens is 216 g/mol. The second kappa shape index (κ2) is 5.67. The second-order valence-electron chi connectivity index (χ2n) is 0.204. The number of hydrogen-bond donors (Lipinski definition) is 0. The van der Waals surface area contributed by atoms with Crippen LogP contribution in [0.5, 0.6) is 0 Å². The van der Waals surface area contributed by atoms with Gasteiger partial charge in [0.15, 0.2) is 0 Å². The van der Waals surface area contributed by atoms with E-state index in [-0.39, 0.29) is 23.1 Å². The predicted molar refractivity (Wildman–Crippen MR) is 19.6 cm³/mol. The molecule has 0 atom stereocenters. The molecule has 0 aliphatic carbocycles. The fraction of sp³-hybridized carbons (Fsp3) is 0. The molecule has 5 heavy (non-hydrogen) atoms. The van der Waals surface area contributed by atoms with Crippen LogP contribution in [0, 0.1) is 0 Å². The topological polar surface area (TPSA) is 40.1 Å². The van der Waals surface area contributed by atoms with E-state index in [0.29, 0.717) is 0 Å². The molecule has 0 aliphatic heterocycles. The van der Waals surface area contributed by atoms with E-state index in [9.17, 15) is 0 Å². The van der Waals surface area contributed by atoms with Crippen LogP contribution in [0.4, 0.5) is 0 Å². The van der Waals surface area contributed by atoms with Crippen LogP contribution < -0.4 is 3.47 Å². The molecular formula is MgO2STe. The van der Waals surface area contributed by atoms with Crippen LogP contribution in [0.3, 0.4) is 0 Å². The molecule has 0 amide bonds. The second-order valence-corrected chi connectivity index (χ2v) is 3.20. The molecule has 0 fully saturated rings. The van der Waals surface area contributed by atoms with Gasteiger partial charge in [-0.25, -0.2) is 0 Å². The van der Waals surface area contributed by atoms with Crippen molar-refractivity contribution in [1.82, 2.24) is 0 Å². The van der Waals surface area contributed by atoms with E-state index in [2.05, 4.69) is 9.86 Å². The van der Waals surface area contributed by atoms with Crippen molar-refractivity contribution in [2.24, 2.45) is 0 Å². The summed E-state index contributed by atoms with van der Waals surface area (Å²) in [6, 6.07) is 0. The Bertz CT molecular complexity index is 32.6. The molecule has 0 heterocycles. The van der Waals surface area contributed by atoms with E-state index < -0.39 is 18.6 Å². The van der Waals surface area contributed by atoms with Crippen LogP contribution in [0.2, 0.25) is 0 Å². The van der Waals surface area contributed by atoms with Crippen LogP contribution in [-0.2, 0) is 13.0 Å². The molecule has 0 spiro atoms. The van der Waals surface area contributed by atoms with Crippen LogP contribution in [0.15, 0.2) is 0 Å². The molecule has 26 valence electrons. The van der Waals surface area contributed by atoms with Crippen LogP contribution in [0.1, 0.15) is 0 Å². The molecule has 0 aromatic carbocycles. The van der Waals surface area contributed by atoms with Gasteiger partial charge in [-0.15, -0.1) is 0 Å². The minimum absolute atomic E-state index is 0. The van der Waals surface area contributed by atoms with Gasteiger partial charge in [-0.1, -0.05) is 0 Å². The summed E-state index contributed by atoms with van der Waals surface area (Å²) in [6.07, 6.45) is 0. The first-order valence-electron chi connectivity index (χ1n) is 0.500. The third kappa shape index (κ3) is 27.4. The molecule has 0 aromatic rings. The molecule has 2 nitrogen and oxygen atoms in total. The van der Waals surface area contributed by atoms with E-state index in [1.165, 1.54) is 0 Å². The molecule has 0 unspecified atom stereocenters. The summed E-state index contributed by atoms with van der Waals surface area (Å²) in [5.74, 6) is 0. The van der Waals surface area contributed by atoms with Crippen molar-refractivity contribution >= 4 is 51.5 Å². The Labute approximate surface area is 57.5 Å². The molecule has 0 N–H and O–H groups in total. The van der Waals surface area contributed by atoms with Gasteiger partial charge in [-0.3, -0.25) is 0 Å². The number of hydrogen-bond acceptors (Lipinski definition) is 3. The molecule has 0 aromatic heterocycles. The van der Waals surface area contributed by atoms with Crippen molar-refractivity contribution in [3.63, 3.8) is 0 Å². The van der Waals surface area contributed by atoms with Crippen molar-refractivity contribution in [2.75, 3.05) is 0 Å². The quantitative estimate of drug-likeness (QED) is 0.345. The van der Waals surface area contributed by atoms with Crippen LogP contribution in [-0.4, -0.2) is 41.6 Å². The monoisotopic (exact) mass is 218 g/mol. The zero-order chi connectivity index (χ0) is 3.58. The summed E-state index contributed by atoms with van der Waals surface area (Å²) in [6.45, 7) is 0. The Morgan fingerprint density at radius 3 is 1.80 bits per heavy atom. The van der Waals surface area contributed by atoms with Crippen molar-refractivity contribution in [1.29, 1.82) is 0 Å². The van der Waals surface area contributed by atoms with E-state index in [1.807, 2.05) is 0 Å². The zero-order valence-electron chi connectivity index (χ0n) is 2.34. The number of rotatable bonds is 0. The fourth-order valence-corrected chi connectivity index (χ4v) is 0. The molecule has 5 heteroatoms. The third-order valence-electron chi connectivity index (χ3n) is 0. The van der Waals surface area contributed by atoms with Gasteiger partial charge < -0.3 is 0 Å². The molecule has 0 saturated heterocycles. The van der Waals surface area contributed by atoms with Crippen LogP contribution >= 0.6 is 0 Å². The summed E-state index contributed by atoms with van der Waals surface area (Å²) < 4.78 is 17.9. The van der Waals surface area contributed by atoms with E-state index >= 15 is 0 Å². The summed E-state index contributed by atoms with van der Waals surface area (Å²) in [4.78, 5) is 0. The van der Waals surface area contributed by atoms with E-state index in [0.717, 1.165) is 0 Å². The zero-order valence-corrected chi connectivity index (χ0v) is 6.90. The van der Waals surface area contributed by atoms with Gasteiger partial charge in [0.1, 0.15) is 0 Å². The first-order chi connectivity index (χ1) is 1.73. The van der Waals surface area contributed by atoms with Gasteiger partial charge in [-0.2, -0.15) is 0 Å². The summed E-state index contributed by atoms with van der Waals surface area (Å²) in [5, 5.41) is 0.